The Balaban J connectivity index is 2.22. The average Bonchev–Trinajstić information content (AvgIpc) is 2.67. The Hall–Kier alpha value is -1.22. The van der Waals surface area contributed by atoms with Gasteiger partial charge in [-0.25, -0.2) is 0 Å². The first-order valence-corrected chi connectivity index (χ1v) is 5.37. The van der Waals surface area contributed by atoms with E-state index in [4.69, 9.17) is 11.6 Å². The van der Waals surface area contributed by atoms with E-state index in [1.165, 1.54) is 0 Å². The average molecular weight is 225 g/mol. The van der Waals surface area contributed by atoms with Crippen molar-refractivity contribution >= 4 is 23.2 Å². The molecule has 0 bridgehead atoms. The lowest BCUT2D eigenvalue weighted by Gasteiger charge is -2.28. The van der Waals surface area contributed by atoms with E-state index in [9.17, 15) is 4.79 Å². The van der Waals surface area contributed by atoms with E-state index in [0.29, 0.717) is 5.02 Å². The highest BCUT2D eigenvalue weighted by Gasteiger charge is 2.23. The maximum absolute atomic E-state index is 11.4. The highest BCUT2D eigenvalue weighted by atomic mass is 35.5. The van der Waals surface area contributed by atoms with E-state index in [1.54, 1.807) is 11.9 Å². The predicted octanol–water partition coefficient (Wildman–Crippen LogP) is 2.31. The number of hydrogen-bond acceptors (Lipinski definition) is 2. The summed E-state index contributed by atoms with van der Waals surface area (Å²) < 4.78 is 0. The number of carbonyl (C=O) groups is 1. The minimum absolute atomic E-state index is 0.0856. The van der Waals surface area contributed by atoms with Gasteiger partial charge in [0.2, 0.25) is 5.91 Å². The fourth-order valence-corrected chi connectivity index (χ4v) is 1.95. The molecule has 1 fully saturated rings. The lowest BCUT2D eigenvalue weighted by atomic mass is 10.3. The number of anilines is 1. The van der Waals surface area contributed by atoms with Crippen molar-refractivity contribution in [2.45, 2.75) is 13.3 Å². The molecule has 1 heterocycles. The second-order valence-corrected chi connectivity index (χ2v) is 4.03. The van der Waals surface area contributed by atoms with Crippen molar-refractivity contribution in [3.8, 4) is 0 Å². The Morgan fingerprint density at radius 3 is 2.53 bits per heavy atom. The van der Waals surface area contributed by atoms with Gasteiger partial charge in [0.05, 0.1) is 5.69 Å². The van der Waals surface area contributed by atoms with Gasteiger partial charge in [-0.15, -0.1) is 0 Å². The standard InChI is InChI=1S/C11H13ClN2O/c1-9(15)13-7-2-8-14(13)11-5-3-10(12)4-6-11/h3-6H,2,7-8H2,1H3. The van der Waals surface area contributed by atoms with E-state index in [1.807, 2.05) is 29.3 Å². The van der Waals surface area contributed by atoms with Gasteiger partial charge in [0.25, 0.3) is 0 Å². The molecule has 1 aliphatic rings. The van der Waals surface area contributed by atoms with Crippen LogP contribution in [0.15, 0.2) is 24.3 Å². The molecule has 0 saturated carbocycles. The van der Waals surface area contributed by atoms with Crippen LogP contribution < -0.4 is 5.01 Å². The van der Waals surface area contributed by atoms with Gasteiger partial charge >= 0.3 is 0 Å². The molecule has 1 aliphatic heterocycles. The minimum Gasteiger partial charge on any atom is -0.283 e. The van der Waals surface area contributed by atoms with Crippen molar-refractivity contribution in [1.82, 2.24) is 5.01 Å². The van der Waals surface area contributed by atoms with Gasteiger partial charge in [0, 0.05) is 25.0 Å². The Labute approximate surface area is 94.2 Å². The summed E-state index contributed by atoms with van der Waals surface area (Å²) in [5.41, 5.74) is 1.02. The SMILES string of the molecule is CC(=O)N1CCCN1c1ccc(Cl)cc1. The molecular weight excluding hydrogens is 212 g/mol. The van der Waals surface area contributed by atoms with E-state index in [-0.39, 0.29) is 5.91 Å². The molecule has 3 nitrogen and oxygen atoms in total. The number of rotatable bonds is 1. The van der Waals surface area contributed by atoms with Crippen molar-refractivity contribution in [2.24, 2.45) is 0 Å². The molecule has 1 saturated heterocycles. The molecular formula is C11H13ClN2O. The van der Waals surface area contributed by atoms with Crippen LogP contribution in [0.25, 0.3) is 0 Å². The first-order chi connectivity index (χ1) is 7.18. The quantitative estimate of drug-likeness (QED) is 0.731. The van der Waals surface area contributed by atoms with Crippen LogP contribution in [0.5, 0.6) is 0 Å². The van der Waals surface area contributed by atoms with Gasteiger partial charge in [-0.1, -0.05) is 11.6 Å². The molecule has 1 amide bonds. The van der Waals surface area contributed by atoms with Crippen LogP contribution in [0, 0.1) is 0 Å². The first kappa shape index (κ1) is 10.3. The molecule has 15 heavy (non-hydrogen) atoms. The third-order valence-electron chi connectivity index (χ3n) is 2.52. The lowest BCUT2D eigenvalue weighted by molar-refractivity contribution is -0.128. The van der Waals surface area contributed by atoms with Crippen LogP contribution in [-0.4, -0.2) is 24.0 Å². The monoisotopic (exact) mass is 224 g/mol. The summed E-state index contributed by atoms with van der Waals surface area (Å²) in [5.74, 6) is 0.0856. The summed E-state index contributed by atoms with van der Waals surface area (Å²) in [6.45, 7) is 3.29. The summed E-state index contributed by atoms with van der Waals surface area (Å²) in [4.78, 5) is 11.4. The van der Waals surface area contributed by atoms with Crippen LogP contribution in [-0.2, 0) is 4.79 Å². The predicted molar refractivity (Wildman–Crippen MR) is 60.8 cm³/mol. The van der Waals surface area contributed by atoms with Gasteiger partial charge in [-0.3, -0.25) is 14.8 Å². The second-order valence-electron chi connectivity index (χ2n) is 3.60. The summed E-state index contributed by atoms with van der Waals surface area (Å²) in [5, 5.41) is 4.48. The molecule has 0 N–H and O–H groups in total. The fourth-order valence-electron chi connectivity index (χ4n) is 1.82. The Morgan fingerprint density at radius 1 is 1.27 bits per heavy atom. The molecule has 0 aliphatic carbocycles. The first-order valence-electron chi connectivity index (χ1n) is 4.99. The zero-order valence-electron chi connectivity index (χ0n) is 8.61. The maximum Gasteiger partial charge on any atom is 0.237 e. The summed E-state index contributed by atoms with van der Waals surface area (Å²) in [7, 11) is 0. The van der Waals surface area contributed by atoms with Gasteiger partial charge in [0.1, 0.15) is 0 Å². The molecule has 0 unspecified atom stereocenters. The number of nitrogens with zero attached hydrogens (tertiary/aromatic N) is 2. The van der Waals surface area contributed by atoms with Crippen LogP contribution in [0.2, 0.25) is 5.02 Å². The Kier molecular flexibility index (Phi) is 2.82. The summed E-state index contributed by atoms with van der Waals surface area (Å²) in [6.07, 6.45) is 1.02. The number of hydrazine groups is 1. The van der Waals surface area contributed by atoms with Crippen molar-refractivity contribution < 1.29 is 4.79 Å². The number of amides is 1. The molecule has 1 aromatic rings. The second kappa shape index (κ2) is 4.11. The van der Waals surface area contributed by atoms with Gasteiger partial charge in [0.15, 0.2) is 0 Å². The van der Waals surface area contributed by atoms with Crippen LogP contribution in [0.1, 0.15) is 13.3 Å². The number of halogens is 1. The van der Waals surface area contributed by atoms with Crippen molar-refractivity contribution in [1.29, 1.82) is 0 Å². The number of carbonyl (C=O) groups excluding carboxylic acids is 1. The van der Waals surface area contributed by atoms with Crippen molar-refractivity contribution in [3.05, 3.63) is 29.3 Å². The molecule has 2 rings (SSSR count). The van der Waals surface area contributed by atoms with Crippen LogP contribution in [0.3, 0.4) is 0 Å². The highest BCUT2D eigenvalue weighted by Crippen LogP contribution is 2.23. The molecule has 1 aromatic carbocycles. The highest BCUT2D eigenvalue weighted by molar-refractivity contribution is 6.30. The Morgan fingerprint density at radius 2 is 1.93 bits per heavy atom. The van der Waals surface area contributed by atoms with Gasteiger partial charge < -0.3 is 0 Å². The van der Waals surface area contributed by atoms with Crippen molar-refractivity contribution in [2.75, 3.05) is 18.1 Å². The molecule has 4 heteroatoms. The lowest BCUT2D eigenvalue weighted by Crippen LogP contribution is -2.39. The van der Waals surface area contributed by atoms with Crippen LogP contribution >= 0.6 is 11.6 Å². The molecule has 0 aromatic heterocycles. The largest absolute Gasteiger partial charge is 0.283 e. The number of benzene rings is 1. The summed E-state index contributed by atoms with van der Waals surface area (Å²) in [6, 6.07) is 7.55. The molecule has 0 radical (unpaired) electrons. The van der Waals surface area contributed by atoms with Gasteiger partial charge in [-0.2, -0.15) is 0 Å². The molecule has 0 atom stereocenters. The third kappa shape index (κ3) is 2.07. The molecule has 80 valence electrons. The minimum atomic E-state index is 0.0856. The van der Waals surface area contributed by atoms with Crippen molar-refractivity contribution in [3.63, 3.8) is 0 Å². The topological polar surface area (TPSA) is 23.6 Å². The Bertz CT molecular complexity index is 363. The normalized spacial score (nSPS) is 15.9. The zero-order valence-corrected chi connectivity index (χ0v) is 9.37. The summed E-state index contributed by atoms with van der Waals surface area (Å²) >= 11 is 5.82. The van der Waals surface area contributed by atoms with Gasteiger partial charge in [-0.05, 0) is 30.7 Å². The van der Waals surface area contributed by atoms with E-state index < -0.39 is 0 Å². The zero-order chi connectivity index (χ0) is 10.8. The van der Waals surface area contributed by atoms with E-state index >= 15 is 0 Å². The van der Waals surface area contributed by atoms with E-state index in [0.717, 1.165) is 25.2 Å². The fraction of sp³-hybridized carbons (Fsp3) is 0.364. The maximum atomic E-state index is 11.4. The van der Waals surface area contributed by atoms with Crippen LogP contribution in [0.4, 0.5) is 5.69 Å². The number of hydrogen-bond donors (Lipinski definition) is 0. The molecule has 0 spiro atoms. The third-order valence-corrected chi connectivity index (χ3v) is 2.77. The van der Waals surface area contributed by atoms with E-state index in [2.05, 4.69) is 0 Å². The smallest absolute Gasteiger partial charge is 0.237 e.